The number of anilines is 1. The van der Waals surface area contributed by atoms with Gasteiger partial charge >= 0.3 is 0 Å². The van der Waals surface area contributed by atoms with Gasteiger partial charge in [-0.3, -0.25) is 0 Å². The van der Waals surface area contributed by atoms with Crippen molar-refractivity contribution >= 4 is 17.4 Å². The van der Waals surface area contributed by atoms with E-state index in [1.807, 2.05) is 13.0 Å². The highest BCUT2D eigenvalue weighted by molar-refractivity contribution is 6.17. The van der Waals surface area contributed by atoms with Crippen LogP contribution >= 0.6 is 11.6 Å². The fraction of sp³-hybridized carbons (Fsp3) is 0.643. The number of halogens is 1. The Bertz CT molecular complexity index is 391. The summed E-state index contributed by atoms with van der Waals surface area (Å²) < 4.78 is 5.75. The second-order valence-corrected chi connectivity index (χ2v) is 5.18. The zero-order valence-corrected chi connectivity index (χ0v) is 11.9. The monoisotopic (exact) mass is 268 g/mol. The van der Waals surface area contributed by atoms with E-state index >= 15 is 0 Å². The molecule has 0 N–H and O–H groups in total. The molecular formula is C14H21ClN2O. The number of nitrogens with zero attached hydrogens (tertiary/aromatic N) is 2. The highest BCUT2D eigenvalue weighted by Gasteiger charge is 2.16. The first-order valence-electron chi connectivity index (χ1n) is 6.56. The second-order valence-electron chi connectivity index (χ2n) is 4.92. The Balaban J connectivity index is 1.99. The third-order valence-electron chi connectivity index (χ3n) is 3.47. The molecule has 0 aliphatic carbocycles. The molecule has 1 saturated heterocycles. The molecule has 2 rings (SSSR count). The van der Waals surface area contributed by atoms with Crippen LogP contribution in [0, 0.1) is 6.92 Å². The standard InChI is InChI=1S/C14H21ClN2O/c1-11-12(9-15)6-7-14(16-11)17(2)10-13-5-3-4-8-18-13/h6-7,13H,3-5,8-10H2,1-2H3. The lowest BCUT2D eigenvalue weighted by Gasteiger charge is -2.28. The SMILES string of the molecule is Cc1nc(N(C)CC2CCCCO2)ccc1CCl. The van der Waals surface area contributed by atoms with E-state index in [0.717, 1.165) is 36.6 Å². The summed E-state index contributed by atoms with van der Waals surface area (Å²) in [7, 11) is 2.07. The summed E-state index contributed by atoms with van der Waals surface area (Å²) in [6.45, 7) is 3.81. The van der Waals surface area contributed by atoms with Crippen LogP contribution in [0.3, 0.4) is 0 Å². The van der Waals surface area contributed by atoms with Crippen LogP contribution in [-0.4, -0.2) is 31.3 Å². The molecule has 0 radical (unpaired) electrons. The third kappa shape index (κ3) is 3.36. The molecule has 1 aromatic rings. The van der Waals surface area contributed by atoms with Crippen molar-refractivity contribution < 1.29 is 4.74 Å². The predicted molar refractivity (Wildman–Crippen MR) is 75.4 cm³/mol. The molecule has 2 heterocycles. The lowest BCUT2D eigenvalue weighted by atomic mass is 10.1. The maximum Gasteiger partial charge on any atom is 0.128 e. The normalized spacial score (nSPS) is 19.8. The maximum absolute atomic E-state index is 5.85. The van der Waals surface area contributed by atoms with E-state index in [4.69, 9.17) is 16.3 Å². The average Bonchev–Trinajstić information content (AvgIpc) is 2.39. The van der Waals surface area contributed by atoms with Crippen molar-refractivity contribution in [2.75, 3.05) is 25.1 Å². The van der Waals surface area contributed by atoms with Gasteiger partial charge < -0.3 is 9.64 Å². The van der Waals surface area contributed by atoms with Gasteiger partial charge in [-0.1, -0.05) is 6.07 Å². The highest BCUT2D eigenvalue weighted by Crippen LogP contribution is 2.18. The number of likely N-dealkylation sites (N-methyl/N-ethyl adjacent to an activating group) is 1. The lowest BCUT2D eigenvalue weighted by molar-refractivity contribution is 0.0215. The third-order valence-corrected chi connectivity index (χ3v) is 3.76. The Morgan fingerprint density at radius 3 is 2.89 bits per heavy atom. The van der Waals surface area contributed by atoms with Gasteiger partial charge in [-0.05, 0) is 37.8 Å². The van der Waals surface area contributed by atoms with Crippen molar-refractivity contribution in [3.8, 4) is 0 Å². The first kappa shape index (κ1) is 13.6. The van der Waals surface area contributed by atoms with E-state index < -0.39 is 0 Å². The summed E-state index contributed by atoms with van der Waals surface area (Å²) in [4.78, 5) is 6.76. The molecule has 4 heteroatoms. The molecule has 1 fully saturated rings. The molecule has 18 heavy (non-hydrogen) atoms. The summed E-state index contributed by atoms with van der Waals surface area (Å²) in [6.07, 6.45) is 3.97. The summed E-state index contributed by atoms with van der Waals surface area (Å²) in [5.41, 5.74) is 2.11. The molecule has 0 aromatic carbocycles. The van der Waals surface area contributed by atoms with Crippen LogP contribution in [0.1, 0.15) is 30.5 Å². The molecule has 0 amide bonds. The minimum absolute atomic E-state index is 0.346. The molecule has 0 saturated carbocycles. The van der Waals surface area contributed by atoms with E-state index in [9.17, 15) is 0 Å². The van der Waals surface area contributed by atoms with Crippen molar-refractivity contribution in [1.29, 1.82) is 0 Å². The summed E-state index contributed by atoms with van der Waals surface area (Å²) in [5, 5.41) is 0. The minimum atomic E-state index is 0.346. The van der Waals surface area contributed by atoms with Gasteiger partial charge in [-0.25, -0.2) is 4.98 Å². The number of rotatable bonds is 4. The van der Waals surface area contributed by atoms with Crippen LogP contribution in [0.25, 0.3) is 0 Å². The number of hydrogen-bond donors (Lipinski definition) is 0. The van der Waals surface area contributed by atoms with Gasteiger partial charge in [0.25, 0.3) is 0 Å². The Morgan fingerprint density at radius 1 is 1.44 bits per heavy atom. The molecular weight excluding hydrogens is 248 g/mol. The fourth-order valence-corrected chi connectivity index (χ4v) is 2.56. The van der Waals surface area contributed by atoms with Gasteiger partial charge in [0, 0.05) is 31.8 Å². The summed E-state index contributed by atoms with van der Waals surface area (Å²) in [6, 6.07) is 4.09. The first-order chi connectivity index (χ1) is 8.70. The fourth-order valence-electron chi connectivity index (χ4n) is 2.28. The van der Waals surface area contributed by atoms with Gasteiger partial charge in [0.2, 0.25) is 0 Å². The number of alkyl halides is 1. The van der Waals surface area contributed by atoms with E-state index in [1.165, 1.54) is 12.8 Å². The number of hydrogen-bond acceptors (Lipinski definition) is 3. The molecule has 1 unspecified atom stereocenters. The summed E-state index contributed by atoms with van der Waals surface area (Å²) in [5.74, 6) is 1.52. The van der Waals surface area contributed by atoms with Crippen LogP contribution in [0.2, 0.25) is 0 Å². The van der Waals surface area contributed by atoms with E-state index in [1.54, 1.807) is 0 Å². The van der Waals surface area contributed by atoms with Crippen LogP contribution < -0.4 is 4.90 Å². The van der Waals surface area contributed by atoms with Gasteiger partial charge in [0.05, 0.1) is 6.10 Å². The van der Waals surface area contributed by atoms with Crippen LogP contribution in [0.15, 0.2) is 12.1 Å². The zero-order valence-electron chi connectivity index (χ0n) is 11.2. The topological polar surface area (TPSA) is 25.4 Å². The molecule has 1 aliphatic rings. The average molecular weight is 269 g/mol. The Hall–Kier alpha value is -0.800. The lowest BCUT2D eigenvalue weighted by Crippen LogP contribution is -2.33. The van der Waals surface area contributed by atoms with Crippen LogP contribution in [-0.2, 0) is 10.6 Å². The van der Waals surface area contributed by atoms with Gasteiger partial charge in [-0.15, -0.1) is 11.6 Å². The van der Waals surface area contributed by atoms with Gasteiger partial charge in [0.1, 0.15) is 5.82 Å². The van der Waals surface area contributed by atoms with Crippen molar-refractivity contribution in [2.24, 2.45) is 0 Å². The Labute approximate surface area is 114 Å². The molecule has 1 aromatic heterocycles. The molecule has 100 valence electrons. The van der Waals surface area contributed by atoms with Crippen LogP contribution in [0.5, 0.6) is 0 Å². The van der Waals surface area contributed by atoms with Gasteiger partial charge in [0.15, 0.2) is 0 Å². The molecule has 0 spiro atoms. The van der Waals surface area contributed by atoms with E-state index in [2.05, 4.69) is 23.0 Å². The van der Waals surface area contributed by atoms with Crippen molar-refractivity contribution in [3.63, 3.8) is 0 Å². The zero-order chi connectivity index (χ0) is 13.0. The number of aryl methyl sites for hydroxylation is 1. The number of pyridine rings is 1. The smallest absolute Gasteiger partial charge is 0.128 e. The summed E-state index contributed by atoms with van der Waals surface area (Å²) >= 11 is 5.85. The molecule has 1 aliphatic heterocycles. The number of ether oxygens (including phenoxy) is 1. The molecule has 1 atom stereocenters. The van der Waals surface area contributed by atoms with Crippen molar-refractivity contribution in [1.82, 2.24) is 4.98 Å². The largest absolute Gasteiger partial charge is 0.376 e. The quantitative estimate of drug-likeness (QED) is 0.785. The maximum atomic E-state index is 5.85. The predicted octanol–water partition coefficient (Wildman–Crippen LogP) is 3.13. The van der Waals surface area contributed by atoms with Crippen LogP contribution in [0.4, 0.5) is 5.82 Å². The number of aromatic nitrogens is 1. The highest BCUT2D eigenvalue weighted by atomic mass is 35.5. The molecule has 3 nitrogen and oxygen atoms in total. The van der Waals surface area contributed by atoms with Crippen molar-refractivity contribution in [2.45, 2.75) is 38.2 Å². The van der Waals surface area contributed by atoms with Gasteiger partial charge in [-0.2, -0.15) is 0 Å². The minimum Gasteiger partial charge on any atom is -0.376 e. The van der Waals surface area contributed by atoms with Crippen molar-refractivity contribution in [3.05, 3.63) is 23.4 Å². The van der Waals surface area contributed by atoms with E-state index in [0.29, 0.717) is 12.0 Å². The Morgan fingerprint density at radius 2 is 2.28 bits per heavy atom. The molecule has 0 bridgehead atoms. The van der Waals surface area contributed by atoms with E-state index in [-0.39, 0.29) is 0 Å². The first-order valence-corrected chi connectivity index (χ1v) is 7.09. The second kappa shape index (κ2) is 6.39. The Kier molecular flexibility index (Phi) is 4.84.